The lowest BCUT2D eigenvalue weighted by Gasteiger charge is -2.09. The summed E-state index contributed by atoms with van der Waals surface area (Å²) in [5.74, 6) is 0.921. The van der Waals surface area contributed by atoms with Gasteiger partial charge >= 0.3 is 5.76 Å². The molecule has 0 saturated carbocycles. The van der Waals surface area contributed by atoms with Gasteiger partial charge in [0.25, 0.3) is 0 Å². The molecule has 3 rings (SSSR count). The van der Waals surface area contributed by atoms with Gasteiger partial charge in [-0.3, -0.25) is 0 Å². The number of H-pyrrole nitrogens is 1. The van der Waals surface area contributed by atoms with Crippen LogP contribution < -0.4 is 10.5 Å². The normalized spacial score (nSPS) is 10.6. The Hall–Kier alpha value is -2.05. The van der Waals surface area contributed by atoms with Gasteiger partial charge in [0.05, 0.1) is 11.4 Å². The van der Waals surface area contributed by atoms with Gasteiger partial charge in [-0.1, -0.05) is 39.7 Å². The molecule has 22 heavy (non-hydrogen) atoms. The zero-order chi connectivity index (χ0) is 15.5. The van der Waals surface area contributed by atoms with Crippen molar-refractivity contribution in [1.82, 2.24) is 10.2 Å². The molecule has 0 saturated heterocycles. The molecule has 1 heterocycles. The summed E-state index contributed by atoms with van der Waals surface area (Å²) in [5, 5.41) is 6.49. The lowest BCUT2D eigenvalue weighted by Crippen LogP contribution is -1.94. The number of nitrogens with zero attached hydrogens (tertiary/aromatic N) is 1. The Kier molecular flexibility index (Phi) is 4.31. The van der Waals surface area contributed by atoms with Crippen LogP contribution in [0, 0.1) is 0 Å². The van der Waals surface area contributed by atoms with Crippen LogP contribution in [0.5, 0.6) is 11.5 Å². The van der Waals surface area contributed by atoms with Crippen molar-refractivity contribution in [3.8, 4) is 11.5 Å². The van der Waals surface area contributed by atoms with E-state index in [9.17, 15) is 4.79 Å². The number of hydrogen-bond donors (Lipinski definition) is 1. The second kappa shape index (κ2) is 6.37. The van der Waals surface area contributed by atoms with Crippen LogP contribution in [0.2, 0.25) is 5.02 Å². The molecule has 0 aliphatic heterocycles. The SMILES string of the molecule is O=c1[nH]nc(Cc2ccc(Cl)c(Oc3cccc(Br)c3)c2)o1. The number of aromatic amines is 1. The minimum absolute atomic E-state index is 0.306. The van der Waals surface area contributed by atoms with Crippen LogP contribution in [0.1, 0.15) is 11.5 Å². The van der Waals surface area contributed by atoms with Crippen LogP contribution in [0.4, 0.5) is 0 Å². The fourth-order valence-electron chi connectivity index (χ4n) is 1.90. The molecule has 0 aliphatic carbocycles. The van der Waals surface area contributed by atoms with Crippen molar-refractivity contribution in [2.24, 2.45) is 0 Å². The topological polar surface area (TPSA) is 68.1 Å². The van der Waals surface area contributed by atoms with E-state index in [0.29, 0.717) is 28.8 Å². The first-order valence-corrected chi connectivity index (χ1v) is 7.53. The smallest absolute Gasteiger partial charge is 0.434 e. The maximum atomic E-state index is 10.9. The van der Waals surface area contributed by atoms with E-state index in [1.165, 1.54) is 0 Å². The average molecular weight is 382 g/mol. The molecular formula is C15H10BrClN2O3. The van der Waals surface area contributed by atoms with E-state index < -0.39 is 5.76 Å². The van der Waals surface area contributed by atoms with Gasteiger partial charge in [0.2, 0.25) is 5.89 Å². The van der Waals surface area contributed by atoms with Crippen molar-refractivity contribution in [2.75, 3.05) is 0 Å². The maximum Gasteiger partial charge on any atom is 0.434 e. The summed E-state index contributed by atoms with van der Waals surface area (Å²) in [6.45, 7) is 0. The standard InChI is InChI=1S/C15H10BrClN2O3/c16-10-2-1-3-11(8-10)21-13-6-9(4-5-12(13)17)7-14-18-19-15(20)22-14/h1-6,8H,7H2,(H,19,20). The third-order valence-electron chi connectivity index (χ3n) is 2.86. The summed E-state index contributed by atoms with van der Waals surface area (Å²) in [5.41, 5.74) is 0.865. The zero-order valence-electron chi connectivity index (χ0n) is 11.2. The summed E-state index contributed by atoms with van der Waals surface area (Å²) in [6.07, 6.45) is 0.366. The predicted octanol–water partition coefficient (Wildman–Crippen LogP) is 4.16. The van der Waals surface area contributed by atoms with Gasteiger partial charge in [-0.15, -0.1) is 5.10 Å². The van der Waals surface area contributed by atoms with Gasteiger partial charge in [0, 0.05) is 4.47 Å². The quantitative estimate of drug-likeness (QED) is 0.737. The first-order chi connectivity index (χ1) is 10.6. The Morgan fingerprint density at radius 2 is 2.14 bits per heavy atom. The second-order valence-electron chi connectivity index (χ2n) is 4.51. The minimum Gasteiger partial charge on any atom is -0.456 e. The van der Waals surface area contributed by atoms with Crippen molar-refractivity contribution in [3.63, 3.8) is 0 Å². The molecule has 0 atom stereocenters. The van der Waals surface area contributed by atoms with E-state index >= 15 is 0 Å². The first kappa shape index (κ1) is 14.9. The molecule has 3 aromatic rings. The summed E-state index contributed by atoms with van der Waals surface area (Å²) < 4.78 is 11.6. The fourth-order valence-corrected chi connectivity index (χ4v) is 2.44. The molecule has 0 bridgehead atoms. The van der Waals surface area contributed by atoms with Crippen LogP contribution in [-0.4, -0.2) is 10.2 Å². The Bertz CT molecular complexity index is 860. The number of rotatable bonds is 4. The van der Waals surface area contributed by atoms with E-state index in [1.54, 1.807) is 12.1 Å². The van der Waals surface area contributed by atoms with Crippen LogP contribution in [0.3, 0.4) is 0 Å². The van der Waals surface area contributed by atoms with E-state index in [4.69, 9.17) is 20.8 Å². The number of halogens is 2. The van der Waals surface area contributed by atoms with Gasteiger partial charge in [-0.25, -0.2) is 9.89 Å². The van der Waals surface area contributed by atoms with Crippen LogP contribution in [-0.2, 0) is 6.42 Å². The molecule has 1 aromatic heterocycles. The molecule has 0 fully saturated rings. The fraction of sp³-hybridized carbons (Fsp3) is 0.0667. The van der Waals surface area contributed by atoms with Gasteiger partial charge in [-0.05, 0) is 35.9 Å². The largest absolute Gasteiger partial charge is 0.456 e. The Labute approximate surface area is 139 Å². The Balaban J connectivity index is 1.85. The van der Waals surface area contributed by atoms with Gasteiger partial charge in [-0.2, -0.15) is 0 Å². The average Bonchev–Trinajstić information content (AvgIpc) is 2.88. The Morgan fingerprint density at radius 1 is 1.27 bits per heavy atom. The van der Waals surface area contributed by atoms with Crippen LogP contribution >= 0.6 is 27.5 Å². The summed E-state index contributed by atoms with van der Waals surface area (Å²) in [7, 11) is 0. The van der Waals surface area contributed by atoms with Crippen LogP contribution in [0.25, 0.3) is 0 Å². The molecule has 7 heteroatoms. The van der Waals surface area contributed by atoms with E-state index in [2.05, 4.69) is 26.1 Å². The molecule has 0 radical (unpaired) electrons. The van der Waals surface area contributed by atoms with Gasteiger partial charge in [0.1, 0.15) is 11.5 Å². The van der Waals surface area contributed by atoms with Crippen molar-refractivity contribution in [3.05, 3.63) is 74.0 Å². The minimum atomic E-state index is -0.574. The molecule has 2 aromatic carbocycles. The maximum absolute atomic E-state index is 10.9. The summed E-state index contributed by atoms with van der Waals surface area (Å²) >= 11 is 9.55. The first-order valence-electron chi connectivity index (χ1n) is 6.36. The molecule has 112 valence electrons. The molecule has 0 amide bonds. The molecule has 1 N–H and O–H groups in total. The molecular weight excluding hydrogens is 372 g/mol. The highest BCUT2D eigenvalue weighted by atomic mass is 79.9. The summed E-state index contributed by atoms with van der Waals surface area (Å²) in [4.78, 5) is 10.9. The van der Waals surface area contributed by atoms with Crippen LogP contribution in [0.15, 0.2) is 56.1 Å². The number of nitrogens with one attached hydrogen (secondary N) is 1. The number of ether oxygens (including phenoxy) is 1. The highest BCUT2D eigenvalue weighted by molar-refractivity contribution is 9.10. The third kappa shape index (κ3) is 3.58. The third-order valence-corrected chi connectivity index (χ3v) is 3.66. The van der Waals surface area contributed by atoms with Crippen molar-refractivity contribution in [2.45, 2.75) is 6.42 Å². The number of aromatic nitrogens is 2. The highest BCUT2D eigenvalue weighted by Gasteiger charge is 2.08. The lowest BCUT2D eigenvalue weighted by atomic mass is 10.1. The Morgan fingerprint density at radius 3 is 2.86 bits per heavy atom. The predicted molar refractivity (Wildman–Crippen MR) is 85.6 cm³/mol. The molecule has 0 unspecified atom stereocenters. The van der Waals surface area contributed by atoms with Crippen molar-refractivity contribution in [1.29, 1.82) is 0 Å². The van der Waals surface area contributed by atoms with E-state index in [1.807, 2.05) is 30.3 Å². The molecule has 0 spiro atoms. The van der Waals surface area contributed by atoms with Crippen molar-refractivity contribution >= 4 is 27.5 Å². The molecule has 5 nitrogen and oxygen atoms in total. The second-order valence-corrected chi connectivity index (χ2v) is 5.83. The zero-order valence-corrected chi connectivity index (χ0v) is 13.5. The lowest BCUT2D eigenvalue weighted by molar-refractivity contribution is 0.469. The van der Waals surface area contributed by atoms with E-state index in [0.717, 1.165) is 10.0 Å². The number of benzene rings is 2. The molecule has 0 aliphatic rings. The summed E-state index contributed by atoms with van der Waals surface area (Å²) in [6, 6.07) is 12.8. The highest BCUT2D eigenvalue weighted by Crippen LogP contribution is 2.31. The van der Waals surface area contributed by atoms with Crippen molar-refractivity contribution < 1.29 is 9.15 Å². The van der Waals surface area contributed by atoms with E-state index in [-0.39, 0.29) is 0 Å². The number of hydrogen-bond acceptors (Lipinski definition) is 4. The van der Waals surface area contributed by atoms with Gasteiger partial charge < -0.3 is 9.15 Å². The monoisotopic (exact) mass is 380 g/mol. The van der Waals surface area contributed by atoms with Gasteiger partial charge in [0.15, 0.2) is 0 Å².